The maximum atomic E-state index is 10.8. The highest BCUT2D eigenvalue weighted by atomic mass is 16.5. The Morgan fingerprint density at radius 1 is 1.24 bits per heavy atom. The van der Waals surface area contributed by atoms with E-state index in [1.807, 2.05) is 25.1 Å². The zero-order valence-electron chi connectivity index (χ0n) is 16.2. The molecule has 7 nitrogen and oxygen atoms in total. The van der Waals surface area contributed by atoms with Gasteiger partial charge in [0.2, 0.25) is 0 Å². The van der Waals surface area contributed by atoms with E-state index in [-0.39, 0.29) is 6.04 Å². The van der Waals surface area contributed by atoms with Crippen molar-refractivity contribution in [2.24, 2.45) is 0 Å². The number of fused-ring (bicyclic) bond motifs is 3. The molecule has 1 N–H and O–H groups in total. The Labute approximate surface area is 167 Å². The third kappa shape index (κ3) is 3.06. The lowest BCUT2D eigenvalue weighted by Gasteiger charge is -2.30. The summed E-state index contributed by atoms with van der Waals surface area (Å²) in [5.41, 5.74) is 3.89. The topological polar surface area (TPSA) is 101 Å². The van der Waals surface area contributed by atoms with Crippen LogP contribution in [0.4, 0.5) is 0 Å². The van der Waals surface area contributed by atoms with E-state index in [0.717, 1.165) is 64.9 Å². The zero-order chi connectivity index (χ0) is 20.0. The van der Waals surface area contributed by atoms with Crippen LogP contribution in [0, 0.1) is 18.3 Å². The number of aryl methyl sites for hydroxylation is 1. The van der Waals surface area contributed by atoms with Gasteiger partial charge in [0, 0.05) is 11.5 Å². The monoisotopic (exact) mass is 387 g/mol. The van der Waals surface area contributed by atoms with Gasteiger partial charge in [-0.2, -0.15) is 5.26 Å². The van der Waals surface area contributed by atoms with Crippen LogP contribution in [-0.2, 0) is 6.42 Å². The standard InChI is InChI=1S/C22H21N5O2/c1-13-8-15(26-29-13)10-21-25-18-12-24-17-7-6-14(11-23)9-16(17)22(18)27(21)19-4-2-3-5-20(19)28/h6-9,12,19-20,28H,2-5,10H2,1H3/t19-,20+/m1/s1. The Kier molecular flexibility index (Phi) is 4.29. The first-order valence-corrected chi connectivity index (χ1v) is 9.94. The van der Waals surface area contributed by atoms with Crippen molar-refractivity contribution in [2.45, 2.75) is 51.2 Å². The van der Waals surface area contributed by atoms with Gasteiger partial charge in [0.05, 0.1) is 53.1 Å². The van der Waals surface area contributed by atoms with E-state index in [1.54, 1.807) is 12.3 Å². The first kappa shape index (κ1) is 17.8. The summed E-state index contributed by atoms with van der Waals surface area (Å²) in [4.78, 5) is 9.39. The molecule has 0 spiro atoms. The molecule has 0 amide bonds. The van der Waals surface area contributed by atoms with Gasteiger partial charge in [-0.1, -0.05) is 18.0 Å². The molecule has 1 aliphatic carbocycles. The number of aromatic nitrogens is 4. The van der Waals surface area contributed by atoms with Gasteiger partial charge < -0.3 is 14.2 Å². The molecule has 0 unspecified atom stereocenters. The van der Waals surface area contributed by atoms with Gasteiger partial charge in [-0.3, -0.25) is 4.98 Å². The molecular weight excluding hydrogens is 366 g/mol. The Morgan fingerprint density at radius 3 is 2.86 bits per heavy atom. The summed E-state index contributed by atoms with van der Waals surface area (Å²) < 4.78 is 7.39. The number of imidazole rings is 1. The fourth-order valence-corrected chi connectivity index (χ4v) is 4.43. The number of rotatable bonds is 3. The average Bonchev–Trinajstić information content (AvgIpc) is 3.31. The van der Waals surface area contributed by atoms with Crippen LogP contribution in [0.15, 0.2) is 35.0 Å². The fraction of sp³-hybridized carbons (Fsp3) is 0.364. The SMILES string of the molecule is Cc1cc(Cc2nc3cnc4ccc(C#N)cc4c3n2[C@@H]2CCCC[C@@H]2O)no1. The Morgan fingerprint density at radius 2 is 2.10 bits per heavy atom. The number of benzene rings is 1. The molecule has 1 aliphatic rings. The molecule has 4 aromatic rings. The van der Waals surface area contributed by atoms with Crippen molar-refractivity contribution in [2.75, 3.05) is 0 Å². The fourth-order valence-electron chi connectivity index (χ4n) is 4.43. The zero-order valence-corrected chi connectivity index (χ0v) is 16.2. The van der Waals surface area contributed by atoms with Crippen molar-refractivity contribution in [1.82, 2.24) is 19.7 Å². The summed E-state index contributed by atoms with van der Waals surface area (Å²) >= 11 is 0. The van der Waals surface area contributed by atoms with Crippen molar-refractivity contribution >= 4 is 21.9 Å². The van der Waals surface area contributed by atoms with Crippen LogP contribution in [0.5, 0.6) is 0 Å². The summed E-state index contributed by atoms with van der Waals surface area (Å²) in [6, 6.07) is 9.56. The molecule has 3 heterocycles. The quantitative estimate of drug-likeness (QED) is 0.573. The van der Waals surface area contributed by atoms with Crippen LogP contribution in [-0.4, -0.2) is 30.9 Å². The van der Waals surface area contributed by atoms with E-state index in [0.29, 0.717) is 12.0 Å². The lowest BCUT2D eigenvalue weighted by atomic mass is 9.92. The minimum absolute atomic E-state index is 0.0620. The molecule has 146 valence electrons. The average molecular weight is 387 g/mol. The summed E-state index contributed by atoms with van der Waals surface area (Å²) in [5.74, 6) is 1.59. The highest BCUT2D eigenvalue weighted by Gasteiger charge is 2.29. The molecule has 1 aromatic carbocycles. The molecule has 0 aliphatic heterocycles. The highest BCUT2D eigenvalue weighted by molar-refractivity contribution is 6.02. The summed E-state index contributed by atoms with van der Waals surface area (Å²) in [6.07, 6.45) is 5.61. The largest absolute Gasteiger partial charge is 0.391 e. The van der Waals surface area contributed by atoms with Gasteiger partial charge >= 0.3 is 0 Å². The van der Waals surface area contributed by atoms with Crippen molar-refractivity contribution in [3.8, 4) is 6.07 Å². The molecule has 0 radical (unpaired) electrons. The van der Waals surface area contributed by atoms with Gasteiger partial charge in [0.25, 0.3) is 0 Å². The molecule has 0 saturated heterocycles. The van der Waals surface area contributed by atoms with Crippen LogP contribution in [0.3, 0.4) is 0 Å². The van der Waals surface area contributed by atoms with Crippen molar-refractivity contribution in [3.63, 3.8) is 0 Å². The van der Waals surface area contributed by atoms with Crippen molar-refractivity contribution in [1.29, 1.82) is 5.26 Å². The highest BCUT2D eigenvalue weighted by Crippen LogP contribution is 2.36. The van der Waals surface area contributed by atoms with E-state index in [9.17, 15) is 10.4 Å². The van der Waals surface area contributed by atoms with Crippen LogP contribution in [0.1, 0.15) is 54.6 Å². The van der Waals surface area contributed by atoms with Gasteiger partial charge in [-0.05, 0) is 38.0 Å². The number of hydrogen-bond acceptors (Lipinski definition) is 6. The second-order valence-corrected chi connectivity index (χ2v) is 7.76. The number of nitrogens with zero attached hydrogens (tertiary/aromatic N) is 5. The second kappa shape index (κ2) is 6.98. The van der Waals surface area contributed by atoms with E-state index in [4.69, 9.17) is 9.51 Å². The normalized spacial score (nSPS) is 19.6. The van der Waals surface area contributed by atoms with E-state index < -0.39 is 6.10 Å². The molecule has 2 atom stereocenters. The molecular formula is C22H21N5O2. The lowest BCUT2D eigenvalue weighted by Crippen LogP contribution is -2.29. The number of aliphatic hydroxyl groups is 1. The second-order valence-electron chi connectivity index (χ2n) is 7.76. The predicted octanol–water partition coefficient (Wildman–Crippen LogP) is 3.82. The van der Waals surface area contributed by atoms with Crippen LogP contribution < -0.4 is 0 Å². The summed E-state index contributed by atoms with van der Waals surface area (Å²) in [6.45, 7) is 1.87. The molecule has 3 aromatic heterocycles. The smallest absolute Gasteiger partial charge is 0.133 e. The van der Waals surface area contributed by atoms with Gasteiger partial charge in [-0.15, -0.1) is 0 Å². The third-order valence-corrected chi connectivity index (χ3v) is 5.76. The van der Waals surface area contributed by atoms with Crippen LogP contribution in [0.2, 0.25) is 0 Å². The number of hydrogen-bond donors (Lipinski definition) is 1. The first-order valence-electron chi connectivity index (χ1n) is 9.94. The molecule has 1 saturated carbocycles. The van der Waals surface area contributed by atoms with E-state index >= 15 is 0 Å². The number of pyridine rings is 1. The minimum Gasteiger partial charge on any atom is -0.391 e. The molecule has 5 rings (SSSR count). The predicted molar refractivity (Wildman–Crippen MR) is 107 cm³/mol. The van der Waals surface area contributed by atoms with E-state index in [1.165, 1.54) is 0 Å². The number of nitriles is 1. The van der Waals surface area contributed by atoms with Gasteiger partial charge in [0.1, 0.15) is 17.1 Å². The molecule has 0 bridgehead atoms. The van der Waals surface area contributed by atoms with Gasteiger partial charge in [-0.25, -0.2) is 4.98 Å². The van der Waals surface area contributed by atoms with E-state index in [2.05, 4.69) is 20.8 Å². The molecule has 7 heteroatoms. The Bertz CT molecular complexity index is 1250. The van der Waals surface area contributed by atoms with Crippen LogP contribution in [0.25, 0.3) is 21.9 Å². The lowest BCUT2D eigenvalue weighted by molar-refractivity contribution is 0.0762. The van der Waals surface area contributed by atoms with Crippen molar-refractivity contribution in [3.05, 3.63) is 53.3 Å². The Balaban J connectivity index is 1.78. The van der Waals surface area contributed by atoms with Crippen molar-refractivity contribution < 1.29 is 9.63 Å². The molecule has 29 heavy (non-hydrogen) atoms. The van der Waals surface area contributed by atoms with Crippen LogP contribution >= 0.6 is 0 Å². The first-order chi connectivity index (χ1) is 14.1. The molecule has 1 fully saturated rings. The third-order valence-electron chi connectivity index (χ3n) is 5.76. The van der Waals surface area contributed by atoms with Gasteiger partial charge in [0.15, 0.2) is 0 Å². The summed E-state index contributed by atoms with van der Waals surface area (Å²) in [5, 5.41) is 25.2. The Hall–Kier alpha value is -3.24. The minimum atomic E-state index is -0.429. The summed E-state index contributed by atoms with van der Waals surface area (Å²) in [7, 11) is 0. The maximum absolute atomic E-state index is 10.8. The number of aliphatic hydroxyl groups excluding tert-OH is 1. The maximum Gasteiger partial charge on any atom is 0.133 e.